The number of nitrogens with zero attached hydrogens (tertiary/aromatic N) is 2. The minimum atomic E-state index is -0.489. The van der Waals surface area contributed by atoms with E-state index in [0.717, 1.165) is 46.1 Å². The van der Waals surface area contributed by atoms with Crippen molar-refractivity contribution in [2.24, 2.45) is 5.10 Å². The average molecular weight is 388 g/mol. The van der Waals surface area contributed by atoms with Crippen LogP contribution >= 0.6 is 0 Å². The third-order valence-electron chi connectivity index (χ3n) is 5.54. The topological polar surface area (TPSA) is 43.3 Å². The van der Waals surface area contributed by atoms with Gasteiger partial charge < -0.3 is 14.2 Å². The maximum atomic E-state index is 13.9. The van der Waals surface area contributed by atoms with Crippen molar-refractivity contribution in [3.8, 4) is 17.2 Å². The van der Waals surface area contributed by atoms with Gasteiger partial charge in [0.1, 0.15) is 11.6 Å². The molecule has 0 radical (unpaired) electrons. The highest BCUT2D eigenvalue weighted by molar-refractivity contribution is 6.02. The summed E-state index contributed by atoms with van der Waals surface area (Å²) in [6.07, 6.45) is 0.239. The Bertz CT molecular complexity index is 1150. The molecule has 0 aliphatic carbocycles. The molecule has 5 nitrogen and oxygen atoms in total. The summed E-state index contributed by atoms with van der Waals surface area (Å²) in [7, 11) is 0. The first-order valence-electron chi connectivity index (χ1n) is 9.53. The van der Waals surface area contributed by atoms with Gasteiger partial charge >= 0.3 is 0 Å². The summed E-state index contributed by atoms with van der Waals surface area (Å²) in [5.41, 5.74) is 3.74. The fourth-order valence-electron chi connectivity index (χ4n) is 4.16. The molecule has 3 aromatic rings. The van der Waals surface area contributed by atoms with Crippen LogP contribution in [0.2, 0.25) is 0 Å². The molecule has 0 amide bonds. The summed E-state index contributed by atoms with van der Waals surface area (Å²) in [6, 6.07) is 20.4. The summed E-state index contributed by atoms with van der Waals surface area (Å²) in [4.78, 5) is 0. The van der Waals surface area contributed by atoms with Crippen LogP contribution in [0.15, 0.2) is 71.8 Å². The van der Waals surface area contributed by atoms with E-state index in [0.29, 0.717) is 0 Å². The summed E-state index contributed by atoms with van der Waals surface area (Å²) < 4.78 is 31.1. The Labute approximate surface area is 166 Å². The van der Waals surface area contributed by atoms with E-state index in [1.807, 2.05) is 47.5 Å². The number of hydrazone groups is 1. The summed E-state index contributed by atoms with van der Waals surface area (Å²) in [5.74, 6) is 2.00. The van der Waals surface area contributed by atoms with Crippen LogP contribution in [0.3, 0.4) is 0 Å². The highest BCUT2D eigenvalue weighted by Crippen LogP contribution is 2.47. The summed E-state index contributed by atoms with van der Waals surface area (Å²) in [6.45, 7) is 0.239. The molecule has 29 heavy (non-hydrogen) atoms. The molecule has 0 fully saturated rings. The zero-order valence-corrected chi connectivity index (χ0v) is 15.4. The fourth-order valence-corrected chi connectivity index (χ4v) is 4.16. The van der Waals surface area contributed by atoms with E-state index in [9.17, 15) is 4.39 Å². The highest BCUT2D eigenvalue weighted by Gasteiger charge is 2.41. The molecule has 3 heterocycles. The van der Waals surface area contributed by atoms with E-state index in [-0.39, 0.29) is 18.7 Å². The fraction of sp³-hybridized carbons (Fsp3) is 0.174. The number of benzene rings is 3. The molecule has 3 aromatic carbocycles. The van der Waals surface area contributed by atoms with E-state index in [2.05, 4.69) is 6.07 Å². The van der Waals surface area contributed by atoms with E-state index in [1.165, 1.54) is 12.1 Å². The van der Waals surface area contributed by atoms with Gasteiger partial charge in [0, 0.05) is 23.1 Å². The molecule has 6 heteroatoms. The lowest BCUT2D eigenvalue weighted by atomic mass is 9.96. The van der Waals surface area contributed by atoms with Gasteiger partial charge in [0.05, 0.1) is 11.8 Å². The van der Waals surface area contributed by atoms with Gasteiger partial charge in [-0.3, -0.25) is 0 Å². The number of fused-ring (bicyclic) bond motifs is 4. The third kappa shape index (κ3) is 2.63. The standard InChI is InChI=1S/C23H17FN2O3/c24-16-5-3-4-15(10-16)23-26-19(17-6-1-2-7-20(17)29-23)12-18(25-26)14-8-9-21-22(11-14)28-13-27-21/h1-11,19,23H,12-13H2. The first kappa shape index (κ1) is 16.4. The number of para-hydroxylation sites is 1. The van der Waals surface area contributed by atoms with Gasteiger partial charge in [-0.1, -0.05) is 30.3 Å². The number of rotatable bonds is 2. The normalized spacial score (nSPS) is 21.3. The van der Waals surface area contributed by atoms with Crippen molar-refractivity contribution in [1.29, 1.82) is 0 Å². The molecule has 0 saturated carbocycles. The first-order valence-corrected chi connectivity index (χ1v) is 9.53. The predicted octanol–water partition coefficient (Wildman–Crippen LogP) is 4.80. The van der Waals surface area contributed by atoms with Gasteiger partial charge in [-0.15, -0.1) is 0 Å². The van der Waals surface area contributed by atoms with Gasteiger partial charge in [0.15, 0.2) is 11.5 Å². The molecule has 6 rings (SSSR count). The maximum absolute atomic E-state index is 13.9. The molecule has 0 N–H and O–H groups in total. The largest absolute Gasteiger partial charge is 0.464 e. The van der Waals surface area contributed by atoms with Gasteiger partial charge in [-0.2, -0.15) is 5.10 Å². The summed E-state index contributed by atoms with van der Waals surface area (Å²) >= 11 is 0. The quantitative estimate of drug-likeness (QED) is 0.633. The Morgan fingerprint density at radius 1 is 0.897 bits per heavy atom. The van der Waals surface area contributed by atoms with E-state index < -0.39 is 6.23 Å². The van der Waals surface area contributed by atoms with Crippen molar-refractivity contribution >= 4 is 5.71 Å². The molecule has 0 bridgehead atoms. The van der Waals surface area contributed by atoms with Crippen LogP contribution in [0.4, 0.5) is 4.39 Å². The lowest BCUT2D eigenvalue weighted by Gasteiger charge is -2.38. The van der Waals surface area contributed by atoms with Crippen LogP contribution in [0.5, 0.6) is 17.2 Å². The molecule has 0 saturated heterocycles. The zero-order chi connectivity index (χ0) is 19.4. The second kappa shape index (κ2) is 6.24. The maximum Gasteiger partial charge on any atom is 0.231 e. The van der Waals surface area contributed by atoms with Crippen molar-refractivity contribution in [3.63, 3.8) is 0 Å². The SMILES string of the molecule is Fc1cccc(C2Oc3ccccc3C3CC(c4ccc5c(c4)OCO5)=NN32)c1. The van der Waals surface area contributed by atoms with Gasteiger partial charge in [0.25, 0.3) is 0 Å². The smallest absolute Gasteiger partial charge is 0.231 e. The molecule has 0 spiro atoms. The second-order valence-electron chi connectivity index (χ2n) is 7.28. The Morgan fingerprint density at radius 3 is 2.72 bits per heavy atom. The Kier molecular flexibility index (Phi) is 3.53. The number of hydrogen-bond donors (Lipinski definition) is 0. The average Bonchev–Trinajstić information content (AvgIpc) is 3.40. The molecular formula is C23H17FN2O3. The minimum absolute atomic E-state index is 0.0219. The summed E-state index contributed by atoms with van der Waals surface area (Å²) in [5, 5.41) is 6.84. The molecule has 144 valence electrons. The molecule has 3 aliphatic heterocycles. The van der Waals surface area contributed by atoms with E-state index >= 15 is 0 Å². The number of hydrogen-bond acceptors (Lipinski definition) is 5. The highest BCUT2D eigenvalue weighted by atomic mass is 19.1. The van der Waals surface area contributed by atoms with Crippen LogP contribution in [0.1, 0.15) is 35.4 Å². The number of halogens is 1. The molecule has 3 aliphatic rings. The third-order valence-corrected chi connectivity index (χ3v) is 5.54. The first-order chi connectivity index (χ1) is 14.3. The van der Waals surface area contributed by atoms with Gasteiger partial charge in [0.2, 0.25) is 13.0 Å². The molecule has 2 atom stereocenters. The monoisotopic (exact) mass is 388 g/mol. The van der Waals surface area contributed by atoms with Crippen molar-refractivity contribution in [2.45, 2.75) is 18.7 Å². The van der Waals surface area contributed by atoms with E-state index in [4.69, 9.17) is 19.3 Å². The lowest BCUT2D eigenvalue weighted by molar-refractivity contribution is -0.0192. The Hall–Kier alpha value is -3.54. The zero-order valence-electron chi connectivity index (χ0n) is 15.4. The van der Waals surface area contributed by atoms with Gasteiger partial charge in [-0.25, -0.2) is 9.40 Å². The molecule has 0 aromatic heterocycles. The second-order valence-corrected chi connectivity index (χ2v) is 7.28. The molecular weight excluding hydrogens is 371 g/mol. The van der Waals surface area contributed by atoms with Crippen LogP contribution in [-0.2, 0) is 0 Å². The van der Waals surface area contributed by atoms with Crippen LogP contribution in [-0.4, -0.2) is 17.5 Å². The van der Waals surface area contributed by atoms with Crippen molar-refractivity contribution in [1.82, 2.24) is 5.01 Å². The predicted molar refractivity (Wildman–Crippen MR) is 105 cm³/mol. The molecule has 2 unspecified atom stereocenters. The lowest BCUT2D eigenvalue weighted by Crippen LogP contribution is -2.33. The Balaban J connectivity index is 1.44. The minimum Gasteiger partial charge on any atom is -0.464 e. The Morgan fingerprint density at radius 2 is 1.79 bits per heavy atom. The van der Waals surface area contributed by atoms with Crippen LogP contribution in [0.25, 0.3) is 0 Å². The van der Waals surface area contributed by atoms with Crippen molar-refractivity contribution in [3.05, 3.63) is 89.2 Å². The number of ether oxygens (including phenoxy) is 3. The van der Waals surface area contributed by atoms with E-state index in [1.54, 1.807) is 6.07 Å². The van der Waals surface area contributed by atoms with Crippen LogP contribution in [0, 0.1) is 5.82 Å². The van der Waals surface area contributed by atoms with Crippen molar-refractivity contribution in [2.75, 3.05) is 6.79 Å². The van der Waals surface area contributed by atoms with Crippen molar-refractivity contribution < 1.29 is 18.6 Å². The van der Waals surface area contributed by atoms with Crippen LogP contribution < -0.4 is 14.2 Å². The van der Waals surface area contributed by atoms with Gasteiger partial charge in [-0.05, 0) is 36.4 Å².